The van der Waals surface area contributed by atoms with E-state index in [4.69, 9.17) is 9.47 Å². The number of fused-ring (bicyclic) bond motifs is 1. The average molecular weight is 405 g/mol. The van der Waals surface area contributed by atoms with E-state index in [1.54, 1.807) is 6.21 Å². The minimum Gasteiger partial charge on any atom is -0.493 e. The summed E-state index contributed by atoms with van der Waals surface area (Å²) in [5.74, 6) is 1.03. The number of nitrogens with zero attached hydrogens (tertiary/aromatic N) is 2. The zero-order chi connectivity index (χ0) is 21.3. The largest absolute Gasteiger partial charge is 0.493 e. The molecule has 0 fully saturated rings. The van der Waals surface area contributed by atoms with Gasteiger partial charge < -0.3 is 14.4 Å². The van der Waals surface area contributed by atoms with Crippen LogP contribution in [0.2, 0.25) is 0 Å². The first-order valence-electron chi connectivity index (χ1n) is 9.95. The van der Waals surface area contributed by atoms with Crippen LogP contribution >= 0.6 is 0 Å². The Bertz CT molecular complexity index is 1030. The maximum atomic E-state index is 12.2. The van der Waals surface area contributed by atoms with Crippen molar-refractivity contribution in [3.8, 4) is 11.5 Å². The molecule has 1 N–H and O–H groups in total. The second-order valence-electron chi connectivity index (χ2n) is 7.02. The Labute approximate surface area is 177 Å². The Morgan fingerprint density at radius 1 is 1.07 bits per heavy atom. The van der Waals surface area contributed by atoms with E-state index in [0.29, 0.717) is 12.4 Å². The lowest BCUT2D eigenvalue weighted by molar-refractivity contribution is -0.123. The van der Waals surface area contributed by atoms with E-state index >= 15 is 0 Å². The van der Waals surface area contributed by atoms with Crippen molar-refractivity contribution < 1.29 is 14.3 Å². The van der Waals surface area contributed by atoms with E-state index in [1.807, 2.05) is 79.7 Å². The predicted molar refractivity (Wildman–Crippen MR) is 122 cm³/mol. The fraction of sp³-hybridized carbons (Fsp3) is 0.250. The zero-order valence-electron chi connectivity index (χ0n) is 17.6. The van der Waals surface area contributed by atoms with Crippen molar-refractivity contribution in [1.29, 1.82) is 0 Å². The van der Waals surface area contributed by atoms with Crippen molar-refractivity contribution in [1.82, 2.24) is 5.43 Å². The first-order valence-corrected chi connectivity index (χ1v) is 9.95. The van der Waals surface area contributed by atoms with Gasteiger partial charge in [-0.15, -0.1) is 0 Å². The van der Waals surface area contributed by atoms with Crippen LogP contribution in [-0.4, -0.2) is 39.4 Å². The number of hydrazone groups is 1. The van der Waals surface area contributed by atoms with Crippen LogP contribution in [0.3, 0.4) is 0 Å². The molecule has 0 spiro atoms. The molecular weight excluding hydrogens is 378 g/mol. The summed E-state index contributed by atoms with van der Waals surface area (Å²) in [6.45, 7) is 2.55. The average Bonchev–Trinajstić information content (AvgIpc) is 2.77. The molecular formula is C24H27N3O3. The highest BCUT2D eigenvalue weighted by Crippen LogP contribution is 2.27. The number of rotatable bonds is 9. The number of carbonyl (C=O) groups excluding carboxylic acids is 1. The van der Waals surface area contributed by atoms with Gasteiger partial charge in [0, 0.05) is 31.4 Å². The topological polar surface area (TPSA) is 63.2 Å². The third kappa shape index (κ3) is 5.50. The molecule has 0 atom stereocenters. The molecule has 3 aromatic rings. The SMILES string of the molecule is CCCOc1ccc2ccccc2c1/C=N/NC(=O)COc1cccc(N(C)C)c1. The predicted octanol–water partition coefficient (Wildman–Crippen LogP) is 4.22. The van der Waals surface area contributed by atoms with Gasteiger partial charge in [0.25, 0.3) is 5.91 Å². The molecule has 3 rings (SSSR count). The van der Waals surface area contributed by atoms with Gasteiger partial charge in [0.2, 0.25) is 0 Å². The Balaban J connectivity index is 1.66. The first kappa shape index (κ1) is 21.2. The number of anilines is 1. The first-order chi connectivity index (χ1) is 14.6. The Kier molecular flexibility index (Phi) is 7.27. The fourth-order valence-electron chi connectivity index (χ4n) is 2.95. The van der Waals surface area contributed by atoms with Crippen molar-refractivity contribution in [2.24, 2.45) is 5.10 Å². The monoisotopic (exact) mass is 405 g/mol. The molecule has 0 saturated heterocycles. The van der Waals surface area contributed by atoms with E-state index in [9.17, 15) is 4.79 Å². The summed E-state index contributed by atoms with van der Waals surface area (Å²) in [6, 6.07) is 19.5. The minimum atomic E-state index is -0.335. The van der Waals surface area contributed by atoms with Gasteiger partial charge in [-0.1, -0.05) is 43.3 Å². The smallest absolute Gasteiger partial charge is 0.277 e. The molecule has 30 heavy (non-hydrogen) atoms. The lowest BCUT2D eigenvalue weighted by atomic mass is 10.0. The molecule has 0 aliphatic carbocycles. The number of carbonyl (C=O) groups is 1. The Morgan fingerprint density at radius 3 is 2.70 bits per heavy atom. The van der Waals surface area contributed by atoms with Crippen molar-refractivity contribution in [2.45, 2.75) is 13.3 Å². The molecule has 0 unspecified atom stereocenters. The van der Waals surface area contributed by atoms with Gasteiger partial charge in [0.1, 0.15) is 11.5 Å². The van der Waals surface area contributed by atoms with Gasteiger partial charge in [0.05, 0.1) is 12.8 Å². The standard InChI is InChI=1S/C24H27N3O3/c1-4-14-29-23-13-12-18-8-5-6-11-21(18)22(23)16-25-26-24(28)17-30-20-10-7-9-19(15-20)27(2)3/h5-13,15-16H,4,14,17H2,1-3H3,(H,26,28)/b25-16+. The summed E-state index contributed by atoms with van der Waals surface area (Å²) >= 11 is 0. The van der Waals surface area contributed by atoms with Gasteiger partial charge in [-0.2, -0.15) is 5.10 Å². The maximum Gasteiger partial charge on any atom is 0.277 e. The molecule has 0 bridgehead atoms. The second-order valence-corrected chi connectivity index (χ2v) is 7.02. The van der Waals surface area contributed by atoms with Crippen LogP contribution in [0.1, 0.15) is 18.9 Å². The second kappa shape index (κ2) is 10.3. The van der Waals surface area contributed by atoms with Crippen LogP contribution in [0.5, 0.6) is 11.5 Å². The summed E-state index contributed by atoms with van der Waals surface area (Å²) in [4.78, 5) is 14.1. The number of benzene rings is 3. The Morgan fingerprint density at radius 2 is 1.90 bits per heavy atom. The Hall–Kier alpha value is -3.54. The third-order valence-corrected chi connectivity index (χ3v) is 4.48. The molecule has 0 aliphatic heterocycles. The van der Waals surface area contributed by atoms with Crippen LogP contribution in [0, 0.1) is 0 Å². The summed E-state index contributed by atoms with van der Waals surface area (Å²) < 4.78 is 11.4. The highest BCUT2D eigenvalue weighted by molar-refractivity contribution is 6.02. The van der Waals surface area contributed by atoms with E-state index in [1.165, 1.54) is 0 Å². The van der Waals surface area contributed by atoms with Crippen molar-refractivity contribution in [2.75, 3.05) is 32.2 Å². The number of nitrogens with one attached hydrogen (secondary N) is 1. The molecule has 0 aromatic heterocycles. The van der Waals surface area contributed by atoms with Crippen molar-refractivity contribution >= 4 is 28.6 Å². The highest BCUT2D eigenvalue weighted by Gasteiger charge is 2.08. The van der Waals surface area contributed by atoms with Gasteiger partial charge in [-0.05, 0) is 35.4 Å². The maximum absolute atomic E-state index is 12.2. The molecule has 1 amide bonds. The molecule has 6 heteroatoms. The quantitative estimate of drug-likeness (QED) is 0.428. The van der Waals surface area contributed by atoms with Crippen LogP contribution in [-0.2, 0) is 4.79 Å². The van der Waals surface area contributed by atoms with Crippen LogP contribution in [0.15, 0.2) is 65.8 Å². The molecule has 0 radical (unpaired) electrons. The molecule has 156 valence electrons. The van der Waals surface area contributed by atoms with Gasteiger partial charge in [-0.25, -0.2) is 5.43 Å². The zero-order valence-corrected chi connectivity index (χ0v) is 17.6. The van der Waals surface area contributed by atoms with Crippen LogP contribution in [0.25, 0.3) is 10.8 Å². The number of ether oxygens (including phenoxy) is 2. The van der Waals surface area contributed by atoms with Crippen molar-refractivity contribution in [3.63, 3.8) is 0 Å². The lowest BCUT2D eigenvalue weighted by Gasteiger charge is -2.13. The van der Waals surface area contributed by atoms with Gasteiger partial charge in [0.15, 0.2) is 6.61 Å². The molecule has 0 heterocycles. The summed E-state index contributed by atoms with van der Waals surface area (Å²) in [5.41, 5.74) is 4.36. The van der Waals surface area contributed by atoms with E-state index in [-0.39, 0.29) is 12.5 Å². The van der Waals surface area contributed by atoms with Gasteiger partial charge >= 0.3 is 0 Å². The number of hydrogen-bond donors (Lipinski definition) is 1. The summed E-state index contributed by atoms with van der Waals surface area (Å²) in [6.07, 6.45) is 2.53. The van der Waals surface area contributed by atoms with Crippen LogP contribution in [0.4, 0.5) is 5.69 Å². The van der Waals surface area contributed by atoms with Crippen LogP contribution < -0.4 is 19.8 Å². The van der Waals surface area contributed by atoms with E-state index < -0.39 is 0 Å². The number of hydrogen-bond acceptors (Lipinski definition) is 5. The molecule has 6 nitrogen and oxygen atoms in total. The van der Waals surface area contributed by atoms with Gasteiger partial charge in [-0.3, -0.25) is 4.79 Å². The van der Waals surface area contributed by atoms with Crippen molar-refractivity contribution in [3.05, 3.63) is 66.2 Å². The fourth-order valence-corrected chi connectivity index (χ4v) is 2.95. The number of amides is 1. The molecule has 3 aromatic carbocycles. The highest BCUT2D eigenvalue weighted by atomic mass is 16.5. The normalized spacial score (nSPS) is 10.9. The molecule has 0 aliphatic rings. The third-order valence-electron chi connectivity index (χ3n) is 4.48. The summed E-state index contributed by atoms with van der Waals surface area (Å²) in [7, 11) is 3.90. The minimum absolute atomic E-state index is 0.122. The van der Waals surface area contributed by atoms with E-state index in [2.05, 4.69) is 17.5 Å². The van der Waals surface area contributed by atoms with E-state index in [0.717, 1.165) is 34.2 Å². The summed E-state index contributed by atoms with van der Waals surface area (Å²) in [5, 5.41) is 6.22. The lowest BCUT2D eigenvalue weighted by Crippen LogP contribution is -2.24. The molecule has 0 saturated carbocycles.